The van der Waals surface area contributed by atoms with E-state index in [0.29, 0.717) is 42.1 Å². The van der Waals surface area contributed by atoms with Crippen LogP contribution in [0.15, 0.2) is 48.5 Å². The Morgan fingerprint density at radius 2 is 1.88 bits per heavy atom. The molecular formula is C27H21F2NO4. The Kier molecular flexibility index (Phi) is 5.66. The minimum Gasteiger partial charge on any atom is -0.492 e. The molecule has 2 atom stereocenters. The molecule has 0 aromatic heterocycles. The average Bonchev–Trinajstić information content (AvgIpc) is 3.40. The lowest BCUT2D eigenvalue weighted by atomic mass is 9.92. The second-order valence-electron chi connectivity index (χ2n) is 8.60. The Morgan fingerprint density at radius 1 is 1.12 bits per heavy atom. The van der Waals surface area contributed by atoms with Crippen LogP contribution in [0.4, 0.5) is 8.78 Å². The Hall–Kier alpha value is -3.92. The number of fused-ring (bicyclic) bond motifs is 2. The zero-order chi connectivity index (χ0) is 23.8. The van der Waals surface area contributed by atoms with Gasteiger partial charge >= 0.3 is 5.97 Å². The topological polar surface area (TPSA) is 79.5 Å². The van der Waals surface area contributed by atoms with Crippen LogP contribution in [0.1, 0.15) is 58.2 Å². The van der Waals surface area contributed by atoms with Gasteiger partial charge < -0.3 is 14.6 Å². The lowest BCUT2D eigenvalue weighted by Crippen LogP contribution is -2.07. The smallest absolute Gasteiger partial charge is 0.304 e. The van der Waals surface area contributed by atoms with Gasteiger partial charge in [-0.15, -0.1) is 0 Å². The zero-order valence-electron chi connectivity index (χ0n) is 18.2. The Balaban J connectivity index is 1.42. The molecule has 5 nitrogen and oxygen atoms in total. The summed E-state index contributed by atoms with van der Waals surface area (Å²) in [6.07, 6.45) is 1.02. The molecule has 0 amide bonds. The van der Waals surface area contributed by atoms with E-state index in [-0.39, 0.29) is 30.4 Å². The third-order valence-electron chi connectivity index (χ3n) is 6.57. The van der Waals surface area contributed by atoms with E-state index in [1.807, 2.05) is 12.1 Å². The monoisotopic (exact) mass is 461 g/mol. The van der Waals surface area contributed by atoms with Crippen molar-refractivity contribution >= 4 is 5.97 Å². The summed E-state index contributed by atoms with van der Waals surface area (Å²) in [6.45, 7) is 0.324. The molecule has 1 N–H and O–H groups in total. The van der Waals surface area contributed by atoms with Gasteiger partial charge in [0.05, 0.1) is 24.7 Å². The quantitative estimate of drug-likeness (QED) is 0.529. The molecule has 0 spiro atoms. The SMILES string of the molecule is N#Cc1ccc2c(c1Cc1c(F)cccc1F)CCC2Oc1ccc2c(c1)OCC2CC(=O)O. The van der Waals surface area contributed by atoms with E-state index in [4.69, 9.17) is 14.6 Å². The van der Waals surface area contributed by atoms with Crippen molar-refractivity contribution in [1.29, 1.82) is 5.26 Å². The normalized spacial score (nSPS) is 18.0. The number of hydrogen-bond acceptors (Lipinski definition) is 4. The van der Waals surface area contributed by atoms with Crippen molar-refractivity contribution in [2.24, 2.45) is 0 Å². The Morgan fingerprint density at radius 3 is 2.62 bits per heavy atom. The first-order valence-corrected chi connectivity index (χ1v) is 11.1. The van der Waals surface area contributed by atoms with Crippen molar-refractivity contribution in [1.82, 2.24) is 0 Å². The molecule has 1 aliphatic heterocycles. The number of ether oxygens (including phenoxy) is 2. The number of benzene rings is 3. The highest BCUT2D eigenvalue weighted by Gasteiger charge is 2.30. The van der Waals surface area contributed by atoms with Gasteiger partial charge in [-0.3, -0.25) is 4.79 Å². The van der Waals surface area contributed by atoms with Gasteiger partial charge in [0, 0.05) is 29.5 Å². The first kappa shape index (κ1) is 21.9. The van der Waals surface area contributed by atoms with Gasteiger partial charge in [0.2, 0.25) is 0 Å². The van der Waals surface area contributed by atoms with Crippen LogP contribution >= 0.6 is 0 Å². The van der Waals surface area contributed by atoms with Crippen molar-refractivity contribution in [3.8, 4) is 17.6 Å². The van der Waals surface area contributed by atoms with Gasteiger partial charge in [-0.25, -0.2) is 8.78 Å². The molecule has 0 fully saturated rings. The van der Waals surface area contributed by atoms with Crippen molar-refractivity contribution in [2.45, 2.75) is 37.7 Å². The van der Waals surface area contributed by atoms with Gasteiger partial charge in [0.25, 0.3) is 0 Å². The lowest BCUT2D eigenvalue weighted by molar-refractivity contribution is -0.137. The molecule has 0 saturated carbocycles. The first-order chi connectivity index (χ1) is 16.4. The number of carboxylic acids is 1. The van der Waals surface area contributed by atoms with Crippen molar-refractivity contribution in [3.63, 3.8) is 0 Å². The maximum absolute atomic E-state index is 14.3. The van der Waals surface area contributed by atoms with E-state index in [1.54, 1.807) is 18.2 Å². The summed E-state index contributed by atoms with van der Waals surface area (Å²) in [4.78, 5) is 11.1. The minimum absolute atomic E-state index is 0.00502. The maximum atomic E-state index is 14.3. The Bertz CT molecular complexity index is 1310. The molecule has 3 aromatic carbocycles. The summed E-state index contributed by atoms with van der Waals surface area (Å²) >= 11 is 0. The summed E-state index contributed by atoms with van der Waals surface area (Å²) in [5, 5.41) is 18.7. The van der Waals surface area contributed by atoms with Crippen LogP contribution < -0.4 is 9.47 Å². The van der Waals surface area contributed by atoms with E-state index in [0.717, 1.165) is 16.7 Å². The molecule has 2 unspecified atom stereocenters. The van der Waals surface area contributed by atoms with Gasteiger partial charge in [0.15, 0.2) is 0 Å². The number of nitrogens with zero attached hydrogens (tertiary/aromatic N) is 1. The van der Waals surface area contributed by atoms with Crippen molar-refractivity contribution in [3.05, 3.63) is 93.5 Å². The van der Waals surface area contributed by atoms with Gasteiger partial charge in [-0.1, -0.05) is 18.2 Å². The fourth-order valence-corrected chi connectivity index (χ4v) is 4.92. The molecule has 7 heteroatoms. The molecule has 34 heavy (non-hydrogen) atoms. The number of nitriles is 1. The molecule has 1 aliphatic carbocycles. The predicted octanol–water partition coefficient (Wildman–Crippen LogP) is 5.44. The molecule has 2 aliphatic rings. The largest absolute Gasteiger partial charge is 0.492 e. The van der Waals surface area contributed by atoms with E-state index in [9.17, 15) is 18.8 Å². The number of halogens is 2. The molecular weight excluding hydrogens is 440 g/mol. The van der Waals surface area contributed by atoms with E-state index in [2.05, 4.69) is 6.07 Å². The average molecular weight is 461 g/mol. The fourth-order valence-electron chi connectivity index (χ4n) is 4.92. The van der Waals surface area contributed by atoms with Crippen LogP contribution in [-0.4, -0.2) is 17.7 Å². The van der Waals surface area contributed by atoms with Gasteiger partial charge in [-0.05, 0) is 53.8 Å². The third kappa shape index (κ3) is 3.96. The summed E-state index contributed by atoms with van der Waals surface area (Å²) in [6, 6.07) is 14.9. The highest BCUT2D eigenvalue weighted by molar-refractivity contribution is 5.68. The number of hydrogen-bond donors (Lipinski definition) is 1. The van der Waals surface area contributed by atoms with Crippen LogP contribution in [0, 0.1) is 23.0 Å². The molecule has 5 rings (SSSR count). The molecule has 172 valence electrons. The standard InChI is InChI=1S/C27H21F2NO4/c28-23-2-1-3-24(29)22(23)12-21-15(13-30)4-6-20-19(21)8-9-25(20)34-17-5-7-18-16(10-27(31)32)14-33-26(18)11-17/h1-7,11,16,25H,8-10,12,14H2,(H,31,32). The van der Waals surface area contributed by atoms with Crippen molar-refractivity contribution in [2.75, 3.05) is 6.61 Å². The second-order valence-corrected chi connectivity index (χ2v) is 8.60. The molecule has 0 bridgehead atoms. The van der Waals surface area contributed by atoms with E-state index < -0.39 is 17.6 Å². The van der Waals surface area contributed by atoms with Crippen LogP contribution in [-0.2, 0) is 17.6 Å². The third-order valence-corrected chi connectivity index (χ3v) is 6.57. The first-order valence-electron chi connectivity index (χ1n) is 11.1. The van der Waals surface area contributed by atoms with Crippen molar-refractivity contribution < 1.29 is 28.2 Å². The summed E-state index contributed by atoms with van der Waals surface area (Å²) in [5.41, 5.74) is 3.63. The van der Waals surface area contributed by atoms with E-state index >= 15 is 0 Å². The lowest BCUT2D eigenvalue weighted by Gasteiger charge is -2.17. The fraction of sp³-hybridized carbons (Fsp3) is 0.259. The maximum Gasteiger partial charge on any atom is 0.304 e. The van der Waals surface area contributed by atoms with Crippen LogP contribution in [0.25, 0.3) is 0 Å². The number of aliphatic carboxylic acids is 1. The molecule has 0 saturated heterocycles. The highest BCUT2D eigenvalue weighted by atomic mass is 19.1. The summed E-state index contributed by atoms with van der Waals surface area (Å²) < 4.78 is 40.5. The second kappa shape index (κ2) is 8.79. The highest BCUT2D eigenvalue weighted by Crippen LogP contribution is 2.42. The Labute approximate surface area is 195 Å². The van der Waals surface area contributed by atoms with Crippen LogP contribution in [0.5, 0.6) is 11.5 Å². The van der Waals surface area contributed by atoms with Gasteiger partial charge in [-0.2, -0.15) is 5.26 Å². The van der Waals surface area contributed by atoms with Crippen LogP contribution in [0.2, 0.25) is 0 Å². The number of rotatable bonds is 6. The van der Waals surface area contributed by atoms with E-state index in [1.165, 1.54) is 18.2 Å². The number of carbonyl (C=O) groups is 1. The predicted molar refractivity (Wildman–Crippen MR) is 119 cm³/mol. The van der Waals surface area contributed by atoms with Crippen LogP contribution in [0.3, 0.4) is 0 Å². The number of carboxylic acid groups (broad SMARTS) is 1. The minimum atomic E-state index is -0.868. The summed E-state index contributed by atoms with van der Waals surface area (Å²) in [5.74, 6) is -1.10. The molecule has 0 radical (unpaired) electrons. The summed E-state index contributed by atoms with van der Waals surface area (Å²) in [7, 11) is 0. The van der Waals surface area contributed by atoms with Gasteiger partial charge in [0.1, 0.15) is 29.2 Å². The molecule has 1 heterocycles. The zero-order valence-corrected chi connectivity index (χ0v) is 18.2. The molecule has 3 aromatic rings.